The van der Waals surface area contributed by atoms with E-state index in [4.69, 9.17) is 4.74 Å². The van der Waals surface area contributed by atoms with Crippen molar-refractivity contribution in [3.63, 3.8) is 0 Å². The summed E-state index contributed by atoms with van der Waals surface area (Å²) in [5.74, 6) is -0.621. The van der Waals surface area contributed by atoms with Crippen molar-refractivity contribution in [3.05, 3.63) is 35.4 Å². The summed E-state index contributed by atoms with van der Waals surface area (Å²) < 4.78 is 32.0. The lowest BCUT2D eigenvalue weighted by Crippen LogP contribution is -2.38. The second-order valence-corrected chi connectivity index (χ2v) is 5.29. The molecule has 3 atom stereocenters. The first-order valence-electron chi connectivity index (χ1n) is 6.88. The van der Waals surface area contributed by atoms with E-state index in [-0.39, 0.29) is 12.1 Å². The normalized spacial score (nSPS) is 24.6. The van der Waals surface area contributed by atoms with E-state index in [1.807, 2.05) is 6.92 Å². The van der Waals surface area contributed by atoms with Crippen LogP contribution in [0.1, 0.15) is 25.8 Å². The van der Waals surface area contributed by atoms with Crippen LogP contribution in [0.3, 0.4) is 0 Å². The minimum Gasteiger partial charge on any atom is -0.378 e. The van der Waals surface area contributed by atoms with Gasteiger partial charge in [0.1, 0.15) is 11.6 Å². The number of hydrogen-bond acceptors (Lipinski definition) is 2. The zero-order valence-electron chi connectivity index (χ0n) is 11.5. The van der Waals surface area contributed by atoms with Crippen molar-refractivity contribution in [2.24, 2.45) is 5.92 Å². The summed E-state index contributed by atoms with van der Waals surface area (Å²) in [6, 6.07) is 3.93. The second-order valence-electron chi connectivity index (χ2n) is 5.29. The highest BCUT2D eigenvalue weighted by molar-refractivity contribution is 5.19. The highest BCUT2D eigenvalue weighted by Crippen LogP contribution is 2.24. The predicted molar refractivity (Wildman–Crippen MR) is 71.0 cm³/mol. The molecule has 1 heterocycles. The van der Waals surface area contributed by atoms with E-state index in [0.717, 1.165) is 25.6 Å². The Labute approximate surface area is 113 Å². The van der Waals surface area contributed by atoms with Crippen molar-refractivity contribution in [3.8, 4) is 0 Å². The van der Waals surface area contributed by atoms with Gasteiger partial charge in [-0.1, -0.05) is 6.92 Å². The fourth-order valence-electron chi connectivity index (χ4n) is 2.78. The van der Waals surface area contributed by atoms with Gasteiger partial charge in [-0.25, -0.2) is 8.78 Å². The molecular weight excluding hydrogens is 248 g/mol. The third-order valence-electron chi connectivity index (χ3n) is 3.64. The van der Waals surface area contributed by atoms with Crippen LogP contribution in [0.4, 0.5) is 8.78 Å². The van der Waals surface area contributed by atoms with Crippen LogP contribution in [-0.2, 0) is 11.2 Å². The molecule has 1 fully saturated rings. The molecule has 1 aliphatic rings. The number of halogens is 2. The summed E-state index contributed by atoms with van der Waals surface area (Å²) >= 11 is 0. The minimum atomic E-state index is -0.513. The molecule has 3 unspecified atom stereocenters. The molecule has 0 aromatic heterocycles. The Morgan fingerprint density at radius 3 is 2.53 bits per heavy atom. The molecule has 2 nitrogen and oxygen atoms in total. The van der Waals surface area contributed by atoms with Crippen LogP contribution in [0.2, 0.25) is 0 Å². The molecule has 0 radical (unpaired) electrons. The second kappa shape index (κ2) is 6.44. The third-order valence-corrected chi connectivity index (χ3v) is 3.64. The Morgan fingerprint density at radius 1 is 1.32 bits per heavy atom. The summed E-state index contributed by atoms with van der Waals surface area (Å²) in [6.07, 6.45) is 1.90. The van der Waals surface area contributed by atoms with E-state index in [1.165, 1.54) is 12.1 Å². The molecule has 0 spiro atoms. The Kier molecular flexibility index (Phi) is 4.88. The number of hydrogen-bond donors (Lipinski definition) is 1. The molecule has 0 amide bonds. The van der Waals surface area contributed by atoms with Gasteiger partial charge in [-0.3, -0.25) is 0 Å². The topological polar surface area (TPSA) is 21.3 Å². The number of rotatable bonds is 5. The predicted octanol–water partition coefficient (Wildman–Crippen LogP) is 2.91. The first kappa shape index (κ1) is 14.4. The summed E-state index contributed by atoms with van der Waals surface area (Å²) in [7, 11) is 0. The fourth-order valence-corrected chi connectivity index (χ4v) is 2.78. The molecule has 0 bridgehead atoms. The van der Waals surface area contributed by atoms with Gasteiger partial charge in [0, 0.05) is 18.0 Å². The third kappa shape index (κ3) is 3.98. The zero-order valence-corrected chi connectivity index (χ0v) is 11.5. The van der Waals surface area contributed by atoms with E-state index in [2.05, 4.69) is 12.2 Å². The van der Waals surface area contributed by atoms with Gasteiger partial charge in [0.15, 0.2) is 0 Å². The molecule has 0 aliphatic carbocycles. The SMILES string of the molecule is CCNC(Cc1cc(F)cc(F)c1)C1COC(C)C1. The van der Waals surface area contributed by atoms with Crippen LogP contribution in [-0.4, -0.2) is 25.3 Å². The first-order valence-corrected chi connectivity index (χ1v) is 6.88. The highest BCUT2D eigenvalue weighted by atomic mass is 19.1. The Hall–Kier alpha value is -1.00. The van der Waals surface area contributed by atoms with Gasteiger partial charge in [0.05, 0.1) is 12.7 Å². The van der Waals surface area contributed by atoms with E-state index in [9.17, 15) is 8.78 Å². The quantitative estimate of drug-likeness (QED) is 0.887. The standard InChI is InChI=1S/C15H21F2NO/c1-3-18-15(12-4-10(2)19-9-12)7-11-5-13(16)8-14(17)6-11/h5-6,8,10,12,15,18H,3-4,7,9H2,1-2H3. The largest absolute Gasteiger partial charge is 0.378 e. The van der Waals surface area contributed by atoms with E-state index in [1.54, 1.807) is 0 Å². The van der Waals surface area contributed by atoms with Gasteiger partial charge >= 0.3 is 0 Å². The maximum absolute atomic E-state index is 13.2. The highest BCUT2D eigenvalue weighted by Gasteiger charge is 2.29. The lowest BCUT2D eigenvalue weighted by atomic mass is 9.91. The molecule has 1 aliphatic heterocycles. The van der Waals surface area contributed by atoms with Crippen molar-refractivity contribution < 1.29 is 13.5 Å². The van der Waals surface area contributed by atoms with Crippen molar-refractivity contribution in [2.75, 3.05) is 13.2 Å². The van der Waals surface area contributed by atoms with Crippen molar-refractivity contribution in [1.29, 1.82) is 0 Å². The molecule has 1 saturated heterocycles. The van der Waals surface area contributed by atoms with Gasteiger partial charge in [0.25, 0.3) is 0 Å². The van der Waals surface area contributed by atoms with Gasteiger partial charge in [0.2, 0.25) is 0 Å². The van der Waals surface area contributed by atoms with Crippen LogP contribution in [0, 0.1) is 17.6 Å². The fraction of sp³-hybridized carbons (Fsp3) is 0.600. The zero-order chi connectivity index (χ0) is 13.8. The maximum atomic E-state index is 13.2. The first-order chi connectivity index (χ1) is 9.08. The number of nitrogens with one attached hydrogen (secondary N) is 1. The Bertz CT molecular complexity index is 404. The monoisotopic (exact) mass is 269 g/mol. The Balaban J connectivity index is 2.07. The van der Waals surface area contributed by atoms with Crippen LogP contribution < -0.4 is 5.32 Å². The average molecular weight is 269 g/mol. The minimum absolute atomic E-state index is 0.205. The number of benzene rings is 1. The molecule has 1 aromatic rings. The molecule has 0 saturated carbocycles. The molecule has 19 heavy (non-hydrogen) atoms. The summed E-state index contributed by atoms with van der Waals surface area (Å²) in [5.41, 5.74) is 0.697. The molecular formula is C15H21F2NO. The average Bonchev–Trinajstić information content (AvgIpc) is 2.74. The number of likely N-dealkylation sites (N-methyl/N-ethyl adjacent to an activating group) is 1. The number of ether oxygens (including phenoxy) is 1. The maximum Gasteiger partial charge on any atom is 0.126 e. The van der Waals surface area contributed by atoms with Gasteiger partial charge < -0.3 is 10.1 Å². The lowest BCUT2D eigenvalue weighted by Gasteiger charge is -2.23. The van der Waals surface area contributed by atoms with Crippen molar-refractivity contribution in [2.45, 2.75) is 38.8 Å². The van der Waals surface area contributed by atoms with Gasteiger partial charge in [-0.2, -0.15) is 0 Å². The van der Waals surface area contributed by atoms with Crippen LogP contribution in [0.25, 0.3) is 0 Å². The van der Waals surface area contributed by atoms with Crippen LogP contribution in [0.15, 0.2) is 18.2 Å². The van der Waals surface area contributed by atoms with Gasteiger partial charge in [-0.05, 0) is 44.0 Å². The van der Waals surface area contributed by atoms with Crippen molar-refractivity contribution in [1.82, 2.24) is 5.32 Å². The van der Waals surface area contributed by atoms with E-state index < -0.39 is 11.6 Å². The molecule has 106 valence electrons. The lowest BCUT2D eigenvalue weighted by molar-refractivity contribution is 0.117. The van der Waals surface area contributed by atoms with E-state index in [0.29, 0.717) is 17.9 Å². The van der Waals surface area contributed by atoms with Gasteiger partial charge in [-0.15, -0.1) is 0 Å². The molecule has 2 rings (SSSR count). The van der Waals surface area contributed by atoms with Crippen molar-refractivity contribution >= 4 is 0 Å². The molecule has 1 aromatic carbocycles. The summed E-state index contributed by atoms with van der Waals surface area (Å²) in [5, 5.41) is 3.41. The smallest absolute Gasteiger partial charge is 0.126 e. The Morgan fingerprint density at radius 2 is 2.00 bits per heavy atom. The van der Waals surface area contributed by atoms with Crippen LogP contribution in [0.5, 0.6) is 0 Å². The molecule has 4 heteroatoms. The van der Waals surface area contributed by atoms with Crippen LogP contribution >= 0.6 is 0 Å². The van der Waals surface area contributed by atoms with E-state index >= 15 is 0 Å². The summed E-state index contributed by atoms with van der Waals surface area (Å²) in [4.78, 5) is 0. The summed E-state index contributed by atoms with van der Waals surface area (Å²) in [6.45, 7) is 5.66. The molecule has 1 N–H and O–H groups in total.